The van der Waals surface area contributed by atoms with Gasteiger partial charge in [-0.3, -0.25) is 14.4 Å². The molecule has 0 bridgehead atoms. The van der Waals surface area contributed by atoms with Crippen molar-refractivity contribution in [2.45, 2.75) is 329 Å². The second-order valence-electron chi connectivity index (χ2n) is 21.6. The molecule has 0 radical (unpaired) electrons. The maximum atomic E-state index is 12.9. The van der Waals surface area contributed by atoms with E-state index in [1.165, 1.54) is 173 Å². The van der Waals surface area contributed by atoms with E-state index in [0.717, 1.165) is 109 Å². The molecule has 0 saturated carbocycles. The van der Waals surface area contributed by atoms with E-state index in [-0.39, 0.29) is 31.1 Å². The normalized spacial score (nSPS) is 12.6. The van der Waals surface area contributed by atoms with Crippen LogP contribution in [0.4, 0.5) is 0 Å². The molecule has 0 rings (SSSR count). The third kappa shape index (κ3) is 61.4. The van der Waals surface area contributed by atoms with Gasteiger partial charge in [0.2, 0.25) is 0 Å². The largest absolute Gasteiger partial charge is 0.462 e. The molecule has 0 aromatic rings. The molecule has 6 heteroatoms. The number of hydrogen-bond acceptors (Lipinski definition) is 6. The smallest absolute Gasteiger partial charge is 0.306 e. The number of hydrogen-bond donors (Lipinski definition) is 0. The zero-order chi connectivity index (χ0) is 55.0. The summed E-state index contributed by atoms with van der Waals surface area (Å²) < 4.78 is 16.9. The lowest BCUT2D eigenvalue weighted by Gasteiger charge is -2.18. The SMILES string of the molecule is CC/C=C\C/C=C\C/C=C\C/C=C\C/C=C\C/C=C\CCCCCCCCCCCCC(=O)OCC(COC(=O)CCCCCCC/C=C\CCC)OC(=O)CCCCCCCCCCCCCCCCCCCCC. The molecule has 1 atom stereocenters. The van der Waals surface area contributed by atoms with Crippen LogP contribution >= 0.6 is 0 Å². The lowest BCUT2D eigenvalue weighted by atomic mass is 10.0. The highest BCUT2D eigenvalue weighted by Gasteiger charge is 2.19. The van der Waals surface area contributed by atoms with Gasteiger partial charge in [0.25, 0.3) is 0 Å². The van der Waals surface area contributed by atoms with Gasteiger partial charge in [0, 0.05) is 19.3 Å². The molecule has 1 unspecified atom stereocenters. The lowest BCUT2D eigenvalue weighted by Crippen LogP contribution is -2.30. The molecular formula is C70H122O6. The summed E-state index contributed by atoms with van der Waals surface area (Å²) in [4.78, 5) is 38.2. The minimum atomic E-state index is -0.779. The average Bonchev–Trinajstić information content (AvgIpc) is 3.42. The van der Waals surface area contributed by atoms with Crippen LogP contribution in [0.2, 0.25) is 0 Å². The first-order valence-corrected chi connectivity index (χ1v) is 32.6. The van der Waals surface area contributed by atoms with Crippen molar-refractivity contribution in [3.05, 3.63) is 85.1 Å². The zero-order valence-electron chi connectivity index (χ0n) is 50.3. The van der Waals surface area contributed by atoms with Gasteiger partial charge in [-0.15, -0.1) is 0 Å². The van der Waals surface area contributed by atoms with Crippen molar-refractivity contribution in [1.82, 2.24) is 0 Å². The van der Waals surface area contributed by atoms with Crippen molar-refractivity contribution in [3.63, 3.8) is 0 Å². The van der Waals surface area contributed by atoms with Crippen LogP contribution in [-0.4, -0.2) is 37.2 Å². The van der Waals surface area contributed by atoms with E-state index in [0.29, 0.717) is 19.3 Å². The quantitative estimate of drug-likeness (QED) is 0.0261. The predicted octanol–water partition coefficient (Wildman–Crippen LogP) is 22.3. The van der Waals surface area contributed by atoms with E-state index >= 15 is 0 Å². The third-order valence-electron chi connectivity index (χ3n) is 14.1. The third-order valence-corrected chi connectivity index (χ3v) is 14.1. The van der Waals surface area contributed by atoms with Crippen LogP contribution < -0.4 is 0 Å². The Bertz CT molecular complexity index is 1450. The van der Waals surface area contributed by atoms with E-state index in [9.17, 15) is 14.4 Å². The number of rotatable bonds is 59. The maximum absolute atomic E-state index is 12.9. The fourth-order valence-electron chi connectivity index (χ4n) is 9.27. The molecule has 0 aliphatic rings. The number of ether oxygens (including phenoxy) is 3. The second-order valence-corrected chi connectivity index (χ2v) is 21.6. The fraction of sp³-hybridized carbons (Fsp3) is 0.757. The van der Waals surface area contributed by atoms with E-state index in [1.807, 2.05) is 0 Å². The van der Waals surface area contributed by atoms with Gasteiger partial charge in [0.05, 0.1) is 0 Å². The average molecular weight is 1060 g/mol. The van der Waals surface area contributed by atoms with Gasteiger partial charge >= 0.3 is 17.9 Å². The molecule has 0 amide bonds. The van der Waals surface area contributed by atoms with Gasteiger partial charge in [-0.05, 0) is 89.9 Å². The fourth-order valence-corrected chi connectivity index (χ4v) is 9.27. The first-order valence-electron chi connectivity index (χ1n) is 32.6. The molecule has 0 aliphatic heterocycles. The van der Waals surface area contributed by atoms with Gasteiger partial charge in [0.1, 0.15) is 13.2 Å². The summed E-state index contributed by atoms with van der Waals surface area (Å²) >= 11 is 0. The van der Waals surface area contributed by atoms with Crippen molar-refractivity contribution in [2.24, 2.45) is 0 Å². The summed E-state index contributed by atoms with van der Waals surface area (Å²) in [6.45, 7) is 6.49. The van der Waals surface area contributed by atoms with E-state index in [4.69, 9.17) is 14.2 Å². The Morgan fingerprint density at radius 1 is 0.276 bits per heavy atom. The number of carbonyl (C=O) groups excluding carboxylic acids is 3. The van der Waals surface area contributed by atoms with Crippen LogP contribution in [0.25, 0.3) is 0 Å². The number of unbranched alkanes of at least 4 members (excludes halogenated alkanes) is 34. The van der Waals surface area contributed by atoms with Crippen LogP contribution in [0.15, 0.2) is 85.1 Å². The van der Waals surface area contributed by atoms with Crippen LogP contribution in [0.3, 0.4) is 0 Å². The first kappa shape index (κ1) is 72.6. The van der Waals surface area contributed by atoms with Gasteiger partial charge < -0.3 is 14.2 Å². The number of allylic oxidation sites excluding steroid dienone is 14. The molecule has 0 aromatic heterocycles. The Morgan fingerprint density at radius 2 is 0.539 bits per heavy atom. The Morgan fingerprint density at radius 3 is 0.868 bits per heavy atom. The van der Waals surface area contributed by atoms with Gasteiger partial charge in [0.15, 0.2) is 6.10 Å². The van der Waals surface area contributed by atoms with E-state index in [1.54, 1.807) is 0 Å². The summed E-state index contributed by atoms with van der Waals surface area (Å²) in [6.07, 6.45) is 84.6. The van der Waals surface area contributed by atoms with E-state index in [2.05, 4.69) is 106 Å². The molecule has 6 nitrogen and oxygen atoms in total. The lowest BCUT2D eigenvalue weighted by molar-refractivity contribution is -0.167. The first-order chi connectivity index (χ1) is 37.5. The molecular weight excluding hydrogens is 937 g/mol. The molecule has 0 saturated heterocycles. The number of carbonyl (C=O) groups is 3. The molecule has 0 aliphatic carbocycles. The Hall–Kier alpha value is -3.41. The topological polar surface area (TPSA) is 78.9 Å². The molecule has 0 aromatic carbocycles. The van der Waals surface area contributed by atoms with Crippen molar-refractivity contribution >= 4 is 17.9 Å². The minimum Gasteiger partial charge on any atom is -0.462 e. The van der Waals surface area contributed by atoms with Crippen molar-refractivity contribution in [2.75, 3.05) is 13.2 Å². The molecule has 0 spiro atoms. The summed E-state index contributed by atoms with van der Waals surface area (Å²) in [5.74, 6) is -0.879. The van der Waals surface area contributed by atoms with Crippen molar-refractivity contribution < 1.29 is 28.6 Å². The Kier molecular flexibility index (Phi) is 61.2. The molecule has 0 fully saturated rings. The highest BCUT2D eigenvalue weighted by Crippen LogP contribution is 2.17. The van der Waals surface area contributed by atoms with Crippen LogP contribution in [0.5, 0.6) is 0 Å². The monoisotopic (exact) mass is 1060 g/mol. The summed E-state index contributed by atoms with van der Waals surface area (Å²) in [5, 5.41) is 0. The summed E-state index contributed by atoms with van der Waals surface area (Å²) in [6, 6.07) is 0. The minimum absolute atomic E-state index is 0.0782. The predicted molar refractivity (Wildman–Crippen MR) is 330 cm³/mol. The van der Waals surface area contributed by atoms with E-state index < -0.39 is 6.10 Å². The van der Waals surface area contributed by atoms with Crippen molar-refractivity contribution in [1.29, 1.82) is 0 Å². The van der Waals surface area contributed by atoms with Gasteiger partial charge in [-0.2, -0.15) is 0 Å². The molecule has 0 N–H and O–H groups in total. The Balaban J connectivity index is 4.21. The van der Waals surface area contributed by atoms with Gasteiger partial charge in [-0.1, -0.05) is 298 Å². The van der Waals surface area contributed by atoms with Crippen LogP contribution in [-0.2, 0) is 28.6 Å². The zero-order valence-corrected chi connectivity index (χ0v) is 50.3. The highest BCUT2D eigenvalue weighted by atomic mass is 16.6. The molecule has 438 valence electrons. The Labute approximate surface area is 471 Å². The summed E-state index contributed by atoms with van der Waals surface area (Å²) in [7, 11) is 0. The highest BCUT2D eigenvalue weighted by molar-refractivity contribution is 5.71. The van der Waals surface area contributed by atoms with Gasteiger partial charge in [-0.25, -0.2) is 0 Å². The summed E-state index contributed by atoms with van der Waals surface area (Å²) in [5.41, 5.74) is 0. The van der Waals surface area contributed by atoms with Crippen molar-refractivity contribution in [3.8, 4) is 0 Å². The maximum Gasteiger partial charge on any atom is 0.306 e. The molecule has 0 heterocycles. The number of esters is 3. The van der Waals surface area contributed by atoms with Crippen LogP contribution in [0.1, 0.15) is 323 Å². The standard InChI is InChI=1S/C70H122O6/c1-4-7-10-13-16-19-22-24-26-28-30-31-32-33-34-35-36-37-38-39-41-42-44-46-48-51-54-57-60-63-69(72)75-66-67(65-74-68(71)62-59-56-53-50-21-18-15-12-9-6-3)76-70(73)64-61-58-55-52-49-47-45-43-40-29-27-25-23-20-17-14-11-8-5-2/h7,10,12,15-16,19,24,26,30-31,33-34,36-37,67H,4-6,8-9,11,13-14,17-18,20-23,25,27-29,32,35,38-66H2,1-3H3/b10-7-,15-12-,19-16-,26-24-,31-30-,34-33-,37-36-. The second kappa shape index (κ2) is 64.1. The van der Waals surface area contributed by atoms with Crippen LogP contribution in [0, 0.1) is 0 Å². The molecule has 76 heavy (non-hydrogen) atoms.